The van der Waals surface area contributed by atoms with Gasteiger partial charge in [0.25, 0.3) is 5.91 Å². The summed E-state index contributed by atoms with van der Waals surface area (Å²) in [5.74, 6) is -0.496. The lowest BCUT2D eigenvalue weighted by molar-refractivity contribution is -0.137. The van der Waals surface area contributed by atoms with Gasteiger partial charge in [0.05, 0.1) is 18.3 Å². The number of amides is 1. The number of alkyl halides is 3. The van der Waals surface area contributed by atoms with Crippen molar-refractivity contribution in [3.63, 3.8) is 0 Å². The summed E-state index contributed by atoms with van der Waals surface area (Å²) in [6.07, 6.45) is -4.11. The van der Waals surface area contributed by atoms with Gasteiger partial charge in [-0.25, -0.2) is 10.9 Å². The lowest BCUT2D eigenvalue weighted by Gasteiger charge is -2.20. The highest BCUT2D eigenvalue weighted by Gasteiger charge is 2.30. The molecule has 0 bridgehead atoms. The number of halogens is 4. The number of carbonyl (C=O) groups excluding carboxylic acids is 1. The van der Waals surface area contributed by atoms with Crippen LogP contribution in [0, 0.1) is 0 Å². The van der Waals surface area contributed by atoms with Gasteiger partial charge in [-0.05, 0) is 48.9 Å². The molecule has 2 aromatic carbocycles. The minimum atomic E-state index is -4.48. The van der Waals surface area contributed by atoms with E-state index in [0.29, 0.717) is 18.1 Å². The molecule has 1 heterocycles. The van der Waals surface area contributed by atoms with Crippen molar-refractivity contribution in [1.82, 2.24) is 21.5 Å². The molecule has 4 N–H and O–H groups in total. The van der Waals surface area contributed by atoms with E-state index in [1.54, 1.807) is 7.11 Å². The number of ether oxygens (including phenoxy) is 1. The van der Waals surface area contributed by atoms with Gasteiger partial charge in [0, 0.05) is 36.2 Å². The van der Waals surface area contributed by atoms with Crippen LogP contribution < -0.4 is 21.5 Å². The van der Waals surface area contributed by atoms with Gasteiger partial charge in [-0.15, -0.1) is 0 Å². The largest absolute Gasteiger partial charge is 0.416 e. The van der Waals surface area contributed by atoms with E-state index < -0.39 is 17.6 Å². The SMILES string of the molecule is COC[C@H](C)N/C(=N/C(=O)c1ccc(C(F)(F)F)cc1)NC1CC(c2ccc(Cl)cc2)NN1. The maximum atomic E-state index is 12.8. The Morgan fingerprint density at radius 2 is 1.85 bits per heavy atom. The first kappa shape index (κ1) is 25.0. The predicted octanol–water partition coefficient (Wildman–Crippen LogP) is 3.63. The number of hydrogen-bond acceptors (Lipinski definition) is 4. The van der Waals surface area contributed by atoms with Crippen molar-refractivity contribution < 1.29 is 22.7 Å². The summed E-state index contributed by atoms with van der Waals surface area (Å²) in [5.41, 5.74) is 6.54. The number of benzene rings is 2. The Kier molecular flexibility index (Phi) is 8.30. The highest BCUT2D eigenvalue weighted by Crippen LogP contribution is 2.29. The summed E-state index contributed by atoms with van der Waals surface area (Å²) in [7, 11) is 1.55. The summed E-state index contributed by atoms with van der Waals surface area (Å²) >= 11 is 5.95. The van der Waals surface area contributed by atoms with E-state index in [1.165, 1.54) is 0 Å². The number of methoxy groups -OCH3 is 1. The molecule has 178 valence electrons. The minimum Gasteiger partial charge on any atom is -0.383 e. The molecule has 11 heteroatoms. The molecule has 0 aromatic heterocycles. The first-order valence-corrected chi connectivity index (χ1v) is 10.6. The molecule has 2 aromatic rings. The lowest BCUT2D eigenvalue weighted by atomic mass is 10.0. The van der Waals surface area contributed by atoms with Crippen LogP contribution in [0.2, 0.25) is 5.02 Å². The third-order valence-electron chi connectivity index (χ3n) is 4.96. The molecule has 7 nitrogen and oxygen atoms in total. The normalized spacial score (nSPS) is 19.9. The summed E-state index contributed by atoms with van der Waals surface area (Å²) in [4.78, 5) is 16.7. The number of rotatable bonds is 6. The van der Waals surface area contributed by atoms with E-state index in [-0.39, 0.29) is 29.8 Å². The second-order valence-electron chi connectivity index (χ2n) is 7.67. The van der Waals surface area contributed by atoms with E-state index in [9.17, 15) is 18.0 Å². The molecule has 33 heavy (non-hydrogen) atoms. The molecule has 0 saturated carbocycles. The van der Waals surface area contributed by atoms with Crippen LogP contribution in [0.5, 0.6) is 0 Å². The second kappa shape index (κ2) is 11.0. The standard InChI is InChI=1S/C22H25ClF3N5O2/c1-13(12-33-2)27-21(29-20(32)15-3-7-16(8-4-15)22(24,25)26)28-19-11-18(30-31-19)14-5-9-17(23)10-6-14/h3-10,13,18-19,30-31H,11-12H2,1-2H3,(H2,27,28,29,32)/t13-,18?,19?/m0/s1. The molecule has 0 radical (unpaired) electrons. The van der Waals surface area contributed by atoms with Crippen molar-refractivity contribution in [2.45, 2.75) is 37.8 Å². The van der Waals surface area contributed by atoms with Crippen LogP contribution >= 0.6 is 11.6 Å². The van der Waals surface area contributed by atoms with E-state index in [1.807, 2.05) is 31.2 Å². The number of aliphatic imine (C=N–C) groups is 1. The highest BCUT2D eigenvalue weighted by atomic mass is 35.5. The highest BCUT2D eigenvalue weighted by molar-refractivity contribution is 6.30. The van der Waals surface area contributed by atoms with Crippen LogP contribution in [0.15, 0.2) is 53.5 Å². The summed E-state index contributed by atoms with van der Waals surface area (Å²) in [6.45, 7) is 2.21. The van der Waals surface area contributed by atoms with Gasteiger partial charge in [0.1, 0.15) is 0 Å². The number of nitrogens with one attached hydrogen (secondary N) is 4. The molecular weight excluding hydrogens is 459 g/mol. The fourth-order valence-electron chi connectivity index (χ4n) is 3.33. The molecule has 3 rings (SSSR count). The van der Waals surface area contributed by atoms with E-state index in [2.05, 4.69) is 26.5 Å². The zero-order valence-electron chi connectivity index (χ0n) is 18.0. The van der Waals surface area contributed by atoms with Gasteiger partial charge in [-0.3, -0.25) is 4.79 Å². The molecule has 0 aliphatic carbocycles. The first-order chi connectivity index (χ1) is 15.7. The number of carbonyl (C=O) groups is 1. The van der Waals surface area contributed by atoms with E-state index in [0.717, 1.165) is 29.8 Å². The first-order valence-electron chi connectivity index (χ1n) is 10.2. The van der Waals surface area contributed by atoms with Crippen LogP contribution in [0.3, 0.4) is 0 Å². The third-order valence-corrected chi connectivity index (χ3v) is 5.21. The molecule has 2 unspecified atom stereocenters. The molecular formula is C22H25ClF3N5O2. The third kappa shape index (κ3) is 7.16. The Labute approximate surface area is 194 Å². The van der Waals surface area contributed by atoms with Crippen molar-refractivity contribution in [2.75, 3.05) is 13.7 Å². The number of hydrazine groups is 1. The second-order valence-corrected chi connectivity index (χ2v) is 8.10. The van der Waals surface area contributed by atoms with Crippen LogP contribution in [-0.2, 0) is 10.9 Å². The van der Waals surface area contributed by atoms with Crippen LogP contribution in [0.25, 0.3) is 0 Å². The van der Waals surface area contributed by atoms with Gasteiger partial charge >= 0.3 is 6.18 Å². The minimum absolute atomic E-state index is 0.00281. The Bertz CT molecular complexity index is 967. The Morgan fingerprint density at radius 3 is 2.45 bits per heavy atom. The molecule has 1 aliphatic rings. The zero-order chi connectivity index (χ0) is 24.0. The molecule has 3 atom stereocenters. The lowest BCUT2D eigenvalue weighted by Crippen LogP contribution is -2.52. The van der Waals surface area contributed by atoms with Gasteiger partial charge in [-0.1, -0.05) is 23.7 Å². The van der Waals surface area contributed by atoms with Gasteiger partial charge in [0.15, 0.2) is 0 Å². The number of guanidine groups is 1. The quantitative estimate of drug-likeness (QED) is 0.371. The molecule has 0 spiro atoms. The van der Waals surface area contributed by atoms with Crippen LogP contribution in [-0.4, -0.2) is 37.8 Å². The van der Waals surface area contributed by atoms with E-state index in [4.69, 9.17) is 16.3 Å². The number of nitrogens with zero attached hydrogens (tertiary/aromatic N) is 1. The van der Waals surface area contributed by atoms with Crippen molar-refractivity contribution >= 4 is 23.5 Å². The summed E-state index contributed by atoms with van der Waals surface area (Å²) < 4.78 is 43.5. The number of hydrogen-bond donors (Lipinski definition) is 4. The van der Waals surface area contributed by atoms with Crippen molar-refractivity contribution in [3.05, 3.63) is 70.2 Å². The maximum Gasteiger partial charge on any atom is 0.416 e. The predicted molar refractivity (Wildman–Crippen MR) is 120 cm³/mol. The van der Waals surface area contributed by atoms with Crippen LogP contribution in [0.4, 0.5) is 13.2 Å². The molecule has 1 amide bonds. The van der Waals surface area contributed by atoms with E-state index >= 15 is 0 Å². The Morgan fingerprint density at radius 1 is 1.18 bits per heavy atom. The summed E-state index contributed by atoms with van der Waals surface area (Å²) in [6, 6.07) is 11.2. The van der Waals surface area contributed by atoms with Gasteiger partial charge < -0.3 is 15.4 Å². The van der Waals surface area contributed by atoms with Gasteiger partial charge in [-0.2, -0.15) is 18.2 Å². The van der Waals surface area contributed by atoms with Gasteiger partial charge in [0.2, 0.25) is 5.96 Å². The fraction of sp³-hybridized carbons (Fsp3) is 0.364. The average molecular weight is 484 g/mol. The van der Waals surface area contributed by atoms with Crippen molar-refractivity contribution in [2.24, 2.45) is 4.99 Å². The zero-order valence-corrected chi connectivity index (χ0v) is 18.8. The molecule has 1 aliphatic heterocycles. The molecule has 1 saturated heterocycles. The van der Waals surface area contributed by atoms with Crippen molar-refractivity contribution in [1.29, 1.82) is 0 Å². The summed E-state index contributed by atoms with van der Waals surface area (Å²) in [5, 5.41) is 6.85. The Balaban J connectivity index is 1.72. The van der Waals surface area contributed by atoms with Crippen LogP contribution in [0.1, 0.15) is 40.9 Å². The average Bonchev–Trinajstić information content (AvgIpc) is 3.22. The Hall–Kier alpha value is -2.66. The fourth-order valence-corrected chi connectivity index (χ4v) is 3.45. The van der Waals surface area contributed by atoms with Crippen molar-refractivity contribution in [3.8, 4) is 0 Å². The topological polar surface area (TPSA) is 86.8 Å². The smallest absolute Gasteiger partial charge is 0.383 e. The monoisotopic (exact) mass is 483 g/mol. The molecule has 1 fully saturated rings. The maximum absolute atomic E-state index is 12.8.